The first-order valence-electron chi connectivity index (χ1n) is 22.0. The molecule has 300 valence electrons. The minimum atomic E-state index is 1.08. The Kier molecular flexibility index (Phi) is 9.20. The Balaban J connectivity index is 1.06. The smallest absolute Gasteiger partial charge is 0.0547 e. The predicted molar refractivity (Wildman–Crippen MR) is 272 cm³/mol. The third kappa shape index (κ3) is 6.61. The molecule has 12 aromatic rings. The van der Waals surface area contributed by atoms with Gasteiger partial charge in [-0.3, -0.25) is 0 Å². The van der Waals surface area contributed by atoms with Crippen LogP contribution in [0.4, 0.5) is 17.1 Å². The molecule has 0 spiro atoms. The summed E-state index contributed by atoms with van der Waals surface area (Å²) in [7, 11) is 0. The highest BCUT2D eigenvalue weighted by atomic mass is 15.1. The summed E-state index contributed by atoms with van der Waals surface area (Å²) in [6, 6.07) is 92.8. The molecule has 2 nitrogen and oxygen atoms in total. The van der Waals surface area contributed by atoms with Crippen LogP contribution in [0.2, 0.25) is 0 Å². The summed E-state index contributed by atoms with van der Waals surface area (Å²) >= 11 is 0. The molecule has 0 amide bonds. The molecular formula is C62H42N2. The van der Waals surface area contributed by atoms with Crippen molar-refractivity contribution in [1.82, 2.24) is 4.57 Å². The molecule has 0 radical (unpaired) electrons. The second-order valence-corrected chi connectivity index (χ2v) is 16.5. The van der Waals surface area contributed by atoms with Crippen LogP contribution in [0, 0.1) is 0 Å². The predicted octanol–water partition coefficient (Wildman–Crippen LogP) is 17.2. The average molecular weight is 815 g/mol. The maximum atomic E-state index is 2.44. The van der Waals surface area contributed by atoms with Gasteiger partial charge in [0.2, 0.25) is 0 Å². The lowest BCUT2D eigenvalue weighted by atomic mass is 9.95. The molecule has 0 atom stereocenters. The maximum Gasteiger partial charge on any atom is 0.0547 e. The molecule has 0 aliphatic rings. The van der Waals surface area contributed by atoms with Gasteiger partial charge in [-0.25, -0.2) is 0 Å². The number of rotatable bonds is 8. The molecule has 1 aromatic heterocycles. The van der Waals surface area contributed by atoms with Crippen molar-refractivity contribution < 1.29 is 0 Å². The van der Waals surface area contributed by atoms with Crippen LogP contribution in [0.1, 0.15) is 0 Å². The maximum absolute atomic E-state index is 2.44. The molecule has 2 heteroatoms. The summed E-state index contributed by atoms with van der Waals surface area (Å²) in [5, 5.41) is 7.47. The van der Waals surface area contributed by atoms with E-state index in [1.807, 2.05) is 0 Å². The summed E-state index contributed by atoms with van der Waals surface area (Å²) in [5.41, 5.74) is 16.2. The Hall–Kier alpha value is -8.46. The minimum Gasteiger partial charge on any atom is -0.310 e. The molecule has 0 fully saturated rings. The minimum absolute atomic E-state index is 1.08. The normalized spacial score (nSPS) is 11.4. The summed E-state index contributed by atoms with van der Waals surface area (Å²) in [4.78, 5) is 2.42. The van der Waals surface area contributed by atoms with Crippen molar-refractivity contribution in [3.63, 3.8) is 0 Å². The standard InChI is InChI=1S/C62H42N2/c1-3-15-43(16-4-1)45-29-34-52(35-30-45)63(53-36-31-47(32-37-53)56-27-14-22-46-19-9-10-25-55(46)56)61-38-33-50(44-17-5-2-6-18-44)40-58(61)51-23-13-24-54(39-51)64-60-28-12-11-26-57(60)59-41-48-20-7-8-21-49(48)42-62(59)64/h1-42H. The van der Waals surface area contributed by atoms with E-state index >= 15 is 0 Å². The largest absolute Gasteiger partial charge is 0.310 e. The Morgan fingerprint density at radius 1 is 0.266 bits per heavy atom. The molecule has 0 saturated heterocycles. The van der Waals surface area contributed by atoms with Gasteiger partial charge in [0.05, 0.1) is 16.7 Å². The van der Waals surface area contributed by atoms with E-state index in [2.05, 4.69) is 264 Å². The Labute approximate surface area is 373 Å². The van der Waals surface area contributed by atoms with Crippen molar-refractivity contribution >= 4 is 60.4 Å². The fourth-order valence-electron chi connectivity index (χ4n) is 9.65. The third-order valence-electron chi connectivity index (χ3n) is 12.8. The van der Waals surface area contributed by atoms with E-state index in [9.17, 15) is 0 Å². The molecule has 0 bridgehead atoms. The van der Waals surface area contributed by atoms with E-state index < -0.39 is 0 Å². The second-order valence-electron chi connectivity index (χ2n) is 16.5. The van der Waals surface area contributed by atoms with Crippen LogP contribution in [0.5, 0.6) is 0 Å². The van der Waals surface area contributed by atoms with Crippen LogP contribution in [0.15, 0.2) is 255 Å². The first-order chi connectivity index (χ1) is 31.7. The number of fused-ring (bicyclic) bond motifs is 5. The Morgan fingerprint density at radius 3 is 1.53 bits per heavy atom. The SMILES string of the molecule is c1ccc(-c2ccc(N(c3ccc(-c4cccc5ccccc45)cc3)c3ccc(-c4ccccc4)cc3-c3cccc(-n4c5ccccc5c5cc6ccccc6cc54)c3)cc2)cc1. The first kappa shape index (κ1) is 37.3. The van der Waals surface area contributed by atoms with Crippen LogP contribution >= 0.6 is 0 Å². The summed E-state index contributed by atoms with van der Waals surface area (Å²) in [6.07, 6.45) is 0. The number of hydrogen-bond acceptors (Lipinski definition) is 1. The van der Waals surface area contributed by atoms with Gasteiger partial charge in [-0.05, 0) is 127 Å². The van der Waals surface area contributed by atoms with Gasteiger partial charge in [0.15, 0.2) is 0 Å². The Bertz CT molecular complexity index is 3640. The molecule has 0 saturated carbocycles. The highest BCUT2D eigenvalue weighted by Crippen LogP contribution is 2.45. The van der Waals surface area contributed by atoms with Gasteiger partial charge >= 0.3 is 0 Å². The number of para-hydroxylation sites is 1. The third-order valence-corrected chi connectivity index (χ3v) is 12.8. The quantitative estimate of drug-likeness (QED) is 0.148. The summed E-state index contributed by atoms with van der Waals surface area (Å²) < 4.78 is 2.44. The van der Waals surface area contributed by atoms with Crippen LogP contribution < -0.4 is 4.90 Å². The topological polar surface area (TPSA) is 8.17 Å². The van der Waals surface area contributed by atoms with Crippen molar-refractivity contribution in [1.29, 1.82) is 0 Å². The van der Waals surface area contributed by atoms with Gasteiger partial charge in [0.25, 0.3) is 0 Å². The van der Waals surface area contributed by atoms with E-state index in [4.69, 9.17) is 0 Å². The van der Waals surface area contributed by atoms with E-state index in [0.29, 0.717) is 0 Å². The lowest BCUT2D eigenvalue weighted by Gasteiger charge is -2.29. The van der Waals surface area contributed by atoms with Crippen LogP contribution in [0.3, 0.4) is 0 Å². The van der Waals surface area contributed by atoms with Gasteiger partial charge in [0.1, 0.15) is 0 Å². The lowest BCUT2D eigenvalue weighted by Crippen LogP contribution is -2.11. The van der Waals surface area contributed by atoms with Gasteiger partial charge in [-0.2, -0.15) is 0 Å². The molecule has 64 heavy (non-hydrogen) atoms. The zero-order valence-electron chi connectivity index (χ0n) is 35.1. The second kappa shape index (κ2) is 15.8. The molecule has 1 heterocycles. The first-order valence-corrected chi connectivity index (χ1v) is 22.0. The van der Waals surface area contributed by atoms with E-state index in [1.54, 1.807) is 0 Å². The molecule has 0 aliphatic heterocycles. The number of benzene rings is 11. The molecule has 0 unspecified atom stereocenters. The van der Waals surface area contributed by atoms with Crippen LogP contribution in [-0.4, -0.2) is 4.57 Å². The zero-order valence-corrected chi connectivity index (χ0v) is 35.1. The molecule has 12 rings (SSSR count). The zero-order chi connectivity index (χ0) is 42.4. The Morgan fingerprint density at radius 2 is 0.797 bits per heavy atom. The van der Waals surface area contributed by atoms with Crippen molar-refractivity contribution in [2.24, 2.45) is 0 Å². The average Bonchev–Trinajstić information content (AvgIpc) is 3.69. The monoisotopic (exact) mass is 814 g/mol. The fourth-order valence-corrected chi connectivity index (χ4v) is 9.65. The number of anilines is 3. The molecule has 0 aliphatic carbocycles. The molecule has 0 N–H and O–H groups in total. The van der Waals surface area contributed by atoms with Gasteiger partial charge in [-0.15, -0.1) is 0 Å². The lowest BCUT2D eigenvalue weighted by molar-refractivity contribution is 1.18. The highest BCUT2D eigenvalue weighted by molar-refractivity contribution is 6.13. The van der Waals surface area contributed by atoms with Crippen LogP contribution in [0.25, 0.3) is 93.5 Å². The number of nitrogens with zero attached hydrogens (tertiary/aromatic N) is 2. The number of aromatic nitrogens is 1. The highest BCUT2D eigenvalue weighted by Gasteiger charge is 2.21. The van der Waals surface area contributed by atoms with Crippen molar-refractivity contribution in [3.05, 3.63) is 255 Å². The van der Waals surface area contributed by atoms with Crippen molar-refractivity contribution in [2.45, 2.75) is 0 Å². The van der Waals surface area contributed by atoms with E-state index in [1.165, 1.54) is 76.7 Å². The van der Waals surface area contributed by atoms with Crippen molar-refractivity contribution in [2.75, 3.05) is 4.90 Å². The summed E-state index contributed by atoms with van der Waals surface area (Å²) in [5.74, 6) is 0. The number of hydrogen-bond donors (Lipinski definition) is 0. The van der Waals surface area contributed by atoms with Crippen LogP contribution in [-0.2, 0) is 0 Å². The van der Waals surface area contributed by atoms with Crippen molar-refractivity contribution in [3.8, 4) is 50.2 Å². The van der Waals surface area contributed by atoms with E-state index in [-0.39, 0.29) is 0 Å². The van der Waals surface area contributed by atoms with Gasteiger partial charge < -0.3 is 9.47 Å². The fraction of sp³-hybridized carbons (Fsp3) is 0. The molecular weight excluding hydrogens is 773 g/mol. The van der Waals surface area contributed by atoms with E-state index in [0.717, 1.165) is 33.9 Å². The van der Waals surface area contributed by atoms with Gasteiger partial charge in [-0.1, -0.05) is 188 Å². The van der Waals surface area contributed by atoms with Gasteiger partial charge in [0, 0.05) is 33.4 Å². The molecule has 11 aromatic carbocycles. The summed E-state index contributed by atoms with van der Waals surface area (Å²) in [6.45, 7) is 0.